The van der Waals surface area contributed by atoms with Crippen LogP contribution in [0.3, 0.4) is 0 Å². The minimum atomic E-state index is -4.43. The van der Waals surface area contributed by atoms with E-state index >= 15 is 0 Å². The van der Waals surface area contributed by atoms with Gasteiger partial charge in [0.05, 0.1) is 22.5 Å². The van der Waals surface area contributed by atoms with Gasteiger partial charge in [-0.1, -0.05) is 66.2 Å². The second-order valence-corrected chi connectivity index (χ2v) is 5.96. The Bertz CT molecular complexity index is 905. The monoisotopic (exact) mass is 374 g/mol. The molecule has 0 atom stereocenters. The Kier molecular flexibility index (Phi) is 5.28. The molecular weight excluding hydrogens is 361 g/mol. The highest BCUT2D eigenvalue weighted by atomic mass is 35.5. The average molecular weight is 375 g/mol. The summed E-state index contributed by atoms with van der Waals surface area (Å²) in [5.41, 5.74) is 4.84. The minimum Gasteiger partial charge on any atom is -0.277 e. The Labute approximate surface area is 153 Å². The molecule has 6 heteroatoms. The van der Waals surface area contributed by atoms with Gasteiger partial charge < -0.3 is 0 Å². The first-order chi connectivity index (χ1) is 12.4. The van der Waals surface area contributed by atoms with Crippen molar-refractivity contribution in [3.8, 4) is 11.1 Å². The quantitative estimate of drug-likeness (QED) is 0.410. The van der Waals surface area contributed by atoms with E-state index in [1.165, 1.54) is 12.3 Å². The number of benzene rings is 3. The maximum Gasteiger partial charge on any atom is 0.416 e. The summed E-state index contributed by atoms with van der Waals surface area (Å²) in [5.74, 6) is 0. The van der Waals surface area contributed by atoms with E-state index in [0.29, 0.717) is 0 Å². The van der Waals surface area contributed by atoms with Crippen LogP contribution in [0.1, 0.15) is 11.1 Å². The van der Waals surface area contributed by atoms with Gasteiger partial charge >= 0.3 is 6.18 Å². The number of alkyl halides is 3. The Morgan fingerprint density at radius 1 is 0.846 bits per heavy atom. The van der Waals surface area contributed by atoms with Crippen molar-refractivity contribution in [3.05, 3.63) is 88.9 Å². The lowest BCUT2D eigenvalue weighted by Gasteiger charge is -2.09. The maximum atomic E-state index is 12.8. The third-order valence-corrected chi connectivity index (χ3v) is 4.04. The summed E-state index contributed by atoms with van der Waals surface area (Å²) >= 11 is 5.91. The van der Waals surface area contributed by atoms with Crippen LogP contribution in [-0.2, 0) is 6.18 Å². The highest BCUT2D eigenvalue weighted by molar-refractivity contribution is 6.33. The van der Waals surface area contributed by atoms with Gasteiger partial charge in [0.1, 0.15) is 0 Å². The van der Waals surface area contributed by atoms with Gasteiger partial charge in [-0.3, -0.25) is 5.43 Å². The predicted octanol–water partition coefficient (Wildman–Crippen LogP) is 6.47. The first-order valence-electron chi connectivity index (χ1n) is 7.75. The number of rotatable bonds is 4. The molecule has 0 unspecified atom stereocenters. The molecule has 0 fully saturated rings. The number of anilines is 1. The standard InChI is InChI=1S/C20H14ClF3N2/c21-18-11-10-17(20(22,23)24)12-19(18)26-25-13-14-6-8-16(9-7-14)15-4-2-1-3-5-15/h1-13,26H. The molecule has 0 heterocycles. The van der Waals surface area contributed by atoms with Gasteiger partial charge in [0.25, 0.3) is 0 Å². The molecule has 0 spiro atoms. The van der Waals surface area contributed by atoms with Crippen LogP contribution in [0.5, 0.6) is 0 Å². The lowest BCUT2D eigenvalue weighted by Crippen LogP contribution is -2.05. The Hall–Kier alpha value is -2.79. The van der Waals surface area contributed by atoms with Crippen molar-refractivity contribution in [2.24, 2.45) is 5.10 Å². The van der Waals surface area contributed by atoms with Gasteiger partial charge in [0.2, 0.25) is 0 Å². The van der Waals surface area contributed by atoms with E-state index in [9.17, 15) is 13.2 Å². The van der Waals surface area contributed by atoms with E-state index in [-0.39, 0.29) is 10.7 Å². The summed E-state index contributed by atoms with van der Waals surface area (Å²) < 4.78 is 38.3. The van der Waals surface area contributed by atoms with Gasteiger partial charge in [-0.15, -0.1) is 0 Å². The van der Waals surface area contributed by atoms with Crippen LogP contribution in [0, 0.1) is 0 Å². The van der Waals surface area contributed by atoms with Gasteiger partial charge in [-0.25, -0.2) is 0 Å². The van der Waals surface area contributed by atoms with Crippen molar-refractivity contribution in [1.82, 2.24) is 0 Å². The molecule has 0 bridgehead atoms. The fraction of sp³-hybridized carbons (Fsp3) is 0.0500. The summed E-state index contributed by atoms with van der Waals surface area (Å²) in [6.07, 6.45) is -2.91. The highest BCUT2D eigenvalue weighted by Gasteiger charge is 2.30. The van der Waals surface area contributed by atoms with Gasteiger partial charge in [0, 0.05) is 0 Å². The summed E-state index contributed by atoms with van der Waals surface area (Å²) in [5, 5.41) is 4.13. The van der Waals surface area contributed by atoms with Crippen molar-refractivity contribution < 1.29 is 13.2 Å². The van der Waals surface area contributed by atoms with E-state index in [4.69, 9.17) is 11.6 Å². The normalized spacial score (nSPS) is 11.7. The number of hydrogen-bond acceptors (Lipinski definition) is 2. The van der Waals surface area contributed by atoms with E-state index in [2.05, 4.69) is 10.5 Å². The van der Waals surface area contributed by atoms with Crippen molar-refractivity contribution in [2.75, 3.05) is 5.43 Å². The Balaban J connectivity index is 1.71. The summed E-state index contributed by atoms with van der Waals surface area (Å²) in [6.45, 7) is 0. The van der Waals surface area contributed by atoms with Crippen LogP contribution >= 0.6 is 11.6 Å². The van der Waals surface area contributed by atoms with Crippen LogP contribution in [0.25, 0.3) is 11.1 Å². The van der Waals surface area contributed by atoms with E-state index in [1.807, 2.05) is 54.6 Å². The zero-order valence-corrected chi connectivity index (χ0v) is 14.2. The fourth-order valence-electron chi connectivity index (χ4n) is 2.36. The van der Waals surface area contributed by atoms with Crippen molar-refractivity contribution in [3.63, 3.8) is 0 Å². The SMILES string of the molecule is FC(F)(F)c1ccc(Cl)c(NN=Cc2ccc(-c3ccccc3)cc2)c1. The number of hydrogen-bond donors (Lipinski definition) is 1. The Morgan fingerprint density at radius 2 is 1.50 bits per heavy atom. The smallest absolute Gasteiger partial charge is 0.277 e. The van der Waals surface area contributed by atoms with Crippen LogP contribution < -0.4 is 5.43 Å². The largest absolute Gasteiger partial charge is 0.416 e. The molecule has 0 aliphatic heterocycles. The molecule has 3 aromatic rings. The molecule has 3 aromatic carbocycles. The van der Waals surface area contributed by atoms with Gasteiger partial charge in [-0.2, -0.15) is 18.3 Å². The second-order valence-electron chi connectivity index (χ2n) is 5.55. The molecule has 0 aromatic heterocycles. The molecular formula is C20H14ClF3N2. The second kappa shape index (κ2) is 7.62. The molecule has 0 amide bonds. The van der Waals surface area contributed by atoms with Crippen LogP contribution in [0.15, 0.2) is 77.9 Å². The third-order valence-electron chi connectivity index (χ3n) is 3.71. The molecule has 26 heavy (non-hydrogen) atoms. The van der Waals surface area contributed by atoms with E-state index in [0.717, 1.165) is 28.8 Å². The molecule has 0 aliphatic rings. The number of halogens is 4. The van der Waals surface area contributed by atoms with Crippen LogP contribution in [-0.4, -0.2) is 6.21 Å². The zero-order chi connectivity index (χ0) is 18.6. The topological polar surface area (TPSA) is 24.4 Å². The Morgan fingerprint density at radius 3 is 2.15 bits per heavy atom. The molecule has 0 aliphatic carbocycles. The van der Waals surface area contributed by atoms with Crippen LogP contribution in [0.4, 0.5) is 18.9 Å². The first-order valence-corrected chi connectivity index (χ1v) is 8.12. The molecule has 1 N–H and O–H groups in total. The number of hydrazone groups is 1. The number of nitrogens with zero attached hydrogens (tertiary/aromatic N) is 1. The minimum absolute atomic E-state index is 0.0960. The lowest BCUT2D eigenvalue weighted by atomic mass is 10.0. The maximum absolute atomic E-state index is 12.8. The van der Waals surface area contributed by atoms with Gasteiger partial charge in [-0.05, 0) is 34.9 Å². The van der Waals surface area contributed by atoms with E-state index < -0.39 is 11.7 Å². The third kappa shape index (κ3) is 4.43. The van der Waals surface area contributed by atoms with Crippen molar-refractivity contribution in [1.29, 1.82) is 0 Å². The van der Waals surface area contributed by atoms with Crippen molar-refractivity contribution in [2.45, 2.75) is 6.18 Å². The summed E-state index contributed by atoms with van der Waals surface area (Å²) in [7, 11) is 0. The highest BCUT2D eigenvalue weighted by Crippen LogP contribution is 2.33. The fourth-order valence-corrected chi connectivity index (χ4v) is 2.52. The molecule has 0 radical (unpaired) electrons. The molecule has 3 rings (SSSR count). The number of nitrogens with one attached hydrogen (secondary N) is 1. The predicted molar refractivity (Wildman–Crippen MR) is 99.5 cm³/mol. The molecule has 0 saturated heterocycles. The lowest BCUT2D eigenvalue weighted by molar-refractivity contribution is -0.137. The van der Waals surface area contributed by atoms with Gasteiger partial charge in [0.15, 0.2) is 0 Å². The summed E-state index contributed by atoms with van der Waals surface area (Å²) in [6, 6.07) is 20.6. The average Bonchev–Trinajstić information content (AvgIpc) is 2.63. The molecule has 0 saturated carbocycles. The zero-order valence-electron chi connectivity index (χ0n) is 13.5. The molecule has 2 nitrogen and oxygen atoms in total. The van der Waals surface area contributed by atoms with Crippen LogP contribution in [0.2, 0.25) is 5.02 Å². The van der Waals surface area contributed by atoms with E-state index in [1.54, 1.807) is 0 Å². The first kappa shape index (κ1) is 18.0. The van der Waals surface area contributed by atoms with Crippen molar-refractivity contribution >= 4 is 23.5 Å². The summed E-state index contributed by atoms with van der Waals surface area (Å²) in [4.78, 5) is 0. The molecule has 132 valence electrons.